The summed E-state index contributed by atoms with van der Waals surface area (Å²) in [4.78, 5) is 3.80. The van der Waals surface area contributed by atoms with Crippen LogP contribution in [0.5, 0.6) is 0 Å². The molecule has 0 aromatic carbocycles. The summed E-state index contributed by atoms with van der Waals surface area (Å²) in [7, 11) is 0. The minimum Gasteiger partial charge on any atom is -0.379 e. The number of ether oxygens (including phenoxy) is 1. The van der Waals surface area contributed by atoms with Gasteiger partial charge in [0.15, 0.2) is 0 Å². The second-order valence-corrected chi connectivity index (χ2v) is 4.31. The summed E-state index contributed by atoms with van der Waals surface area (Å²) in [6, 6.07) is 1.50. The lowest BCUT2D eigenvalue weighted by Crippen LogP contribution is -2.15. The van der Waals surface area contributed by atoms with E-state index < -0.39 is 0 Å². The third kappa shape index (κ3) is 7.02. The normalized spacial score (nSPS) is 11.1. The maximum absolute atomic E-state index is 12.8. The Kier molecular flexibility index (Phi) is 6.74. The van der Waals surface area contributed by atoms with Crippen molar-refractivity contribution in [3.05, 3.63) is 29.8 Å². The highest BCUT2D eigenvalue weighted by atomic mass is 19.1. The van der Waals surface area contributed by atoms with Gasteiger partial charge in [-0.1, -0.05) is 0 Å². The maximum atomic E-state index is 12.8. The average Bonchev–Trinajstić information content (AvgIpc) is 2.27. The molecule has 1 N–H and O–H groups in total. The molecule has 0 atom stereocenters. The largest absolute Gasteiger partial charge is 0.379 e. The molecular formula is C13H21FN2O. The Balaban J connectivity index is 2.01. The van der Waals surface area contributed by atoms with Gasteiger partial charge in [0.2, 0.25) is 0 Å². The Hall–Kier alpha value is -1.00. The number of nitrogens with zero attached hydrogens (tertiary/aromatic N) is 1. The molecule has 96 valence electrons. The van der Waals surface area contributed by atoms with Gasteiger partial charge in [0.25, 0.3) is 0 Å². The van der Waals surface area contributed by atoms with Gasteiger partial charge in [-0.25, -0.2) is 4.39 Å². The average molecular weight is 240 g/mol. The van der Waals surface area contributed by atoms with Crippen LogP contribution in [0.2, 0.25) is 0 Å². The first kappa shape index (κ1) is 14.1. The fourth-order valence-electron chi connectivity index (χ4n) is 1.46. The molecule has 0 bridgehead atoms. The van der Waals surface area contributed by atoms with E-state index in [9.17, 15) is 4.39 Å². The van der Waals surface area contributed by atoms with E-state index in [1.165, 1.54) is 12.3 Å². The van der Waals surface area contributed by atoms with Crippen molar-refractivity contribution in [2.45, 2.75) is 39.3 Å². The topological polar surface area (TPSA) is 34.1 Å². The quantitative estimate of drug-likeness (QED) is 0.709. The SMILES string of the molecule is CC(C)OCCCCNCc1cncc(F)c1. The lowest BCUT2D eigenvalue weighted by atomic mass is 10.2. The summed E-state index contributed by atoms with van der Waals surface area (Å²) >= 11 is 0. The Morgan fingerprint density at radius 2 is 2.18 bits per heavy atom. The summed E-state index contributed by atoms with van der Waals surface area (Å²) in [6.07, 6.45) is 5.31. The van der Waals surface area contributed by atoms with Crippen molar-refractivity contribution in [2.24, 2.45) is 0 Å². The lowest BCUT2D eigenvalue weighted by Gasteiger charge is -2.07. The first-order valence-corrected chi connectivity index (χ1v) is 6.10. The van der Waals surface area contributed by atoms with E-state index in [4.69, 9.17) is 4.74 Å². The van der Waals surface area contributed by atoms with Crippen molar-refractivity contribution in [3.8, 4) is 0 Å². The molecule has 17 heavy (non-hydrogen) atoms. The summed E-state index contributed by atoms with van der Waals surface area (Å²) in [5.74, 6) is -0.283. The van der Waals surface area contributed by atoms with E-state index in [-0.39, 0.29) is 5.82 Å². The maximum Gasteiger partial charge on any atom is 0.141 e. The number of nitrogens with one attached hydrogen (secondary N) is 1. The molecule has 1 aromatic rings. The van der Waals surface area contributed by atoms with Crippen LogP contribution in [-0.2, 0) is 11.3 Å². The number of hydrogen-bond acceptors (Lipinski definition) is 3. The van der Waals surface area contributed by atoms with E-state index in [0.29, 0.717) is 12.6 Å². The Morgan fingerprint density at radius 1 is 1.35 bits per heavy atom. The molecule has 1 heterocycles. The number of halogens is 1. The van der Waals surface area contributed by atoms with Gasteiger partial charge in [-0.2, -0.15) is 0 Å². The zero-order valence-electron chi connectivity index (χ0n) is 10.6. The van der Waals surface area contributed by atoms with Gasteiger partial charge in [0.05, 0.1) is 12.3 Å². The Morgan fingerprint density at radius 3 is 2.88 bits per heavy atom. The number of rotatable bonds is 8. The van der Waals surface area contributed by atoms with Crippen LogP contribution >= 0.6 is 0 Å². The van der Waals surface area contributed by atoms with Crippen LogP contribution in [0.25, 0.3) is 0 Å². The molecule has 0 aliphatic heterocycles. The summed E-state index contributed by atoms with van der Waals surface area (Å²) < 4.78 is 18.2. The van der Waals surface area contributed by atoms with Crippen molar-refractivity contribution in [1.29, 1.82) is 0 Å². The number of pyridine rings is 1. The molecule has 0 radical (unpaired) electrons. The van der Waals surface area contributed by atoms with Gasteiger partial charge in [0.1, 0.15) is 5.82 Å². The third-order valence-corrected chi connectivity index (χ3v) is 2.29. The van der Waals surface area contributed by atoms with Crippen molar-refractivity contribution in [1.82, 2.24) is 10.3 Å². The van der Waals surface area contributed by atoms with Crippen LogP contribution in [0.1, 0.15) is 32.3 Å². The zero-order valence-corrected chi connectivity index (χ0v) is 10.6. The molecule has 1 rings (SSSR count). The molecule has 0 fully saturated rings. The smallest absolute Gasteiger partial charge is 0.141 e. The van der Waals surface area contributed by atoms with Crippen molar-refractivity contribution in [3.63, 3.8) is 0 Å². The number of aromatic nitrogens is 1. The number of hydrogen-bond donors (Lipinski definition) is 1. The molecule has 0 unspecified atom stereocenters. The van der Waals surface area contributed by atoms with Crippen LogP contribution < -0.4 is 5.32 Å². The van der Waals surface area contributed by atoms with E-state index in [0.717, 1.165) is 31.6 Å². The molecule has 0 saturated carbocycles. The van der Waals surface area contributed by atoms with Gasteiger partial charge in [-0.05, 0) is 44.9 Å². The van der Waals surface area contributed by atoms with Gasteiger partial charge in [-0.15, -0.1) is 0 Å². The number of unbranched alkanes of at least 4 members (excludes halogenated alkanes) is 1. The first-order valence-electron chi connectivity index (χ1n) is 6.10. The molecular weight excluding hydrogens is 219 g/mol. The molecule has 0 saturated heterocycles. The second-order valence-electron chi connectivity index (χ2n) is 4.31. The van der Waals surface area contributed by atoms with Crippen molar-refractivity contribution >= 4 is 0 Å². The van der Waals surface area contributed by atoms with Gasteiger partial charge >= 0.3 is 0 Å². The van der Waals surface area contributed by atoms with Crippen LogP contribution in [0, 0.1) is 5.82 Å². The highest BCUT2D eigenvalue weighted by molar-refractivity contribution is 5.09. The highest BCUT2D eigenvalue weighted by Gasteiger charge is 1.96. The minimum absolute atomic E-state index is 0.283. The van der Waals surface area contributed by atoms with E-state index in [1.54, 1.807) is 6.20 Å². The minimum atomic E-state index is -0.283. The fraction of sp³-hybridized carbons (Fsp3) is 0.615. The Labute approximate surface area is 102 Å². The predicted octanol–water partition coefficient (Wildman–Crippen LogP) is 2.52. The third-order valence-electron chi connectivity index (χ3n) is 2.29. The first-order chi connectivity index (χ1) is 8.18. The highest BCUT2D eigenvalue weighted by Crippen LogP contribution is 2.00. The van der Waals surface area contributed by atoms with Crippen molar-refractivity contribution < 1.29 is 9.13 Å². The molecule has 0 aliphatic rings. The Bertz CT molecular complexity index is 318. The predicted molar refractivity (Wildman–Crippen MR) is 66.2 cm³/mol. The summed E-state index contributed by atoms with van der Waals surface area (Å²) in [5.41, 5.74) is 0.878. The monoisotopic (exact) mass is 240 g/mol. The second kappa shape index (κ2) is 8.14. The van der Waals surface area contributed by atoms with Gasteiger partial charge < -0.3 is 10.1 Å². The van der Waals surface area contributed by atoms with E-state index in [2.05, 4.69) is 10.3 Å². The molecule has 4 heteroatoms. The van der Waals surface area contributed by atoms with Crippen LogP contribution in [0.3, 0.4) is 0 Å². The van der Waals surface area contributed by atoms with E-state index >= 15 is 0 Å². The molecule has 0 amide bonds. The van der Waals surface area contributed by atoms with E-state index in [1.807, 2.05) is 13.8 Å². The molecule has 3 nitrogen and oxygen atoms in total. The lowest BCUT2D eigenvalue weighted by molar-refractivity contribution is 0.0760. The molecule has 0 spiro atoms. The van der Waals surface area contributed by atoms with Gasteiger partial charge in [-0.3, -0.25) is 4.98 Å². The molecule has 0 aliphatic carbocycles. The van der Waals surface area contributed by atoms with Gasteiger partial charge in [0, 0.05) is 19.3 Å². The summed E-state index contributed by atoms with van der Waals surface area (Å²) in [5, 5.41) is 3.25. The standard InChI is InChI=1S/C13H21FN2O/c1-11(2)17-6-4-3-5-15-8-12-7-13(14)10-16-9-12/h7,9-11,15H,3-6,8H2,1-2H3. The van der Waals surface area contributed by atoms with Crippen LogP contribution in [-0.4, -0.2) is 24.2 Å². The summed E-state index contributed by atoms with van der Waals surface area (Å²) in [6.45, 7) is 6.46. The molecule has 1 aromatic heterocycles. The van der Waals surface area contributed by atoms with Crippen LogP contribution in [0.4, 0.5) is 4.39 Å². The zero-order chi connectivity index (χ0) is 12.5. The van der Waals surface area contributed by atoms with Crippen molar-refractivity contribution in [2.75, 3.05) is 13.2 Å². The fourth-order valence-corrected chi connectivity index (χ4v) is 1.46. The van der Waals surface area contributed by atoms with Crippen LogP contribution in [0.15, 0.2) is 18.5 Å².